The van der Waals surface area contributed by atoms with Crippen LogP contribution in [-0.2, 0) is 21.4 Å². The fraction of sp³-hybridized carbons (Fsp3) is 0.500. The number of fused-ring (bicyclic) bond motifs is 1. The minimum absolute atomic E-state index is 0.0291. The van der Waals surface area contributed by atoms with E-state index in [1.54, 1.807) is 4.31 Å². The van der Waals surface area contributed by atoms with Crippen molar-refractivity contribution >= 4 is 21.4 Å². The molecule has 10 heteroatoms. The third-order valence-corrected chi connectivity index (χ3v) is 8.20. The lowest BCUT2D eigenvalue weighted by Crippen LogP contribution is -2.44. The molecule has 182 valence electrons. The SMILES string of the molecule is C[C@H]1COCCN1c1cc(-c2cccc(CO)c2)nn2c(C3CCN(S(C)(=O)=O)CC3)cnc12. The maximum Gasteiger partial charge on any atom is 0.211 e. The van der Waals surface area contributed by atoms with Gasteiger partial charge in [0.15, 0.2) is 5.65 Å². The lowest BCUT2D eigenvalue weighted by Gasteiger charge is -2.35. The first-order chi connectivity index (χ1) is 16.3. The number of benzene rings is 1. The molecule has 1 atom stereocenters. The molecule has 0 amide bonds. The van der Waals surface area contributed by atoms with Crippen molar-refractivity contribution in [3.63, 3.8) is 0 Å². The van der Waals surface area contributed by atoms with Crippen LogP contribution in [-0.4, -0.2) is 77.6 Å². The van der Waals surface area contributed by atoms with Crippen LogP contribution in [0.2, 0.25) is 0 Å². The van der Waals surface area contributed by atoms with Crippen LogP contribution in [0.25, 0.3) is 16.9 Å². The van der Waals surface area contributed by atoms with Crippen LogP contribution < -0.4 is 4.90 Å². The summed E-state index contributed by atoms with van der Waals surface area (Å²) in [6.07, 6.45) is 4.63. The summed E-state index contributed by atoms with van der Waals surface area (Å²) in [6.45, 7) is 5.20. The van der Waals surface area contributed by atoms with Gasteiger partial charge in [-0.05, 0) is 37.5 Å². The Labute approximate surface area is 200 Å². The molecule has 2 aliphatic rings. The molecule has 0 spiro atoms. The van der Waals surface area contributed by atoms with Crippen molar-refractivity contribution in [2.45, 2.75) is 38.3 Å². The summed E-state index contributed by atoms with van der Waals surface area (Å²) in [7, 11) is -3.18. The predicted molar refractivity (Wildman–Crippen MR) is 130 cm³/mol. The molecule has 34 heavy (non-hydrogen) atoms. The monoisotopic (exact) mass is 485 g/mol. The average Bonchev–Trinajstić information content (AvgIpc) is 3.27. The van der Waals surface area contributed by atoms with Crippen molar-refractivity contribution in [2.75, 3.05) is 44.0 Å². The smallest absolute Gasteiger partial charge is 0.211 e. The van der Waals surface area contributed by atoms with Gasteiger partial charge in [-0.15, -0.1) is 0 Å². The van der Waals surface area contributed by atoms with Gasteiger partial charge in [0.05, 0.1) is 49.3 Å². The third-order valence-electron chi connectivity index (χ3n) is 6.90. The van der Waals surface area contributed by atoms with Crippen LogP contribution in [0.15, 0.2) is 36.5 Å². The molecule has 2 aromatic heterocycles. The number of hydrogen-bond acceptors (Lipinski definition) is 7. The third kappa shape index (κ3) is 4.43. The maximum absolute atomic E-state index is 12.0. The first kappa shape index (κ1) is 23.2. The molecule has 2 fully saturated rings. The van der Waals surface area contributed by atoms with Gasteiger partial charge in [-0.3, -0.25) is 0 Å². The molecule has 0 radical (unpaired) electrons. The Hall–Kier alpha value is -2.53. The van der Waals surface area contributed by atoms with Gasteiger partial charge in [-0.25, -0.2) is 22.2 Å². The number of morpholine rings is 1. The van der Waals surface area contributed by atoms with E-state index in [0.29, 0.717) is 26.3 Å². The molecule has 3 aromatic rings. The Bertz CT molecular complexity index is 1280. The molecule has 9 nitrogen and oxygen atoms in total. The van der Waals surface area contributed by atoms with E-state index in [1.165, 1.54) is 6.26 Å². The van der Waals surface area contributed by atoms with Crippen molar-refractivity contribution < 1.29 is 18.3 Å². The molecule has 4 heterocycles. The molecule has 0 saturated carbocycles. The number of imidazole rings is 1. The Morgan fingerprint density at radius 2 is 1.97 bits per heavy atom. The van der Waals surface area contributed by atoms with Gasteiger partial charge >= 0.3 is 0 Å². The summed E-state index contributed by atoms with van der Waals surface area (Å²) in [5.74, 6) is 0.175. The first-order valence-corrected chi connectivity index (χ1v) is 13.6. The van der Waals surface area contributed by atoms with Crippen molar-refractivity contribution in [2.24, 2.45) is 0 Å². The Kier molecular flexibility index (Phi) is 6.32. The van der Waals surface area contributed by atoms with E-state index in [9.17, 15) is 13.5 Å². The second-order valence-corrected chi connectivity index (χ2v) is 11.2. The molecule has 0 unspecified atom stereocenters. The minimum atomic E-state index is -3.18. The van der Waals surface area contributed by atoms with Crippen molar-refractivity contribution in [3.8, 4) is 11.3 Å². The van der Waals surface area contributed by atoms with E-state index in [0.717, 1.165) is 53.2 Å². The van der Waals surface area contributed by atoms with Crippen LogP contribution in [0, 0.1) is 0 Å². The van der Waals surface area contributed by atoms with E-state index < -0.39 is 10.0 Å². The highest BCUT2D eigenvalue weighted by molar-refractivity contribution is 7.88. The summed E-state index contributed by atoms with van der Waals surface area (Å²) in [4.78, 5) is 7.11. The zero-order valence-electron chi connectivity index (χ0n) is 19.6. The van der Waals surface area contributed by atoms with Crippen LogP contribution >= 0.6 is 0 Å². The zero-order valence-corrected chi connectivity index (χ0v) is 20.4. The number of aliphatic hydroxyl groups excluding tert-OH is 1. The topological polar surface area (TPSA) is 100 Å². The lowest BCUT2D eigenvalue weighted by molar-refractivity contribution is 0.0990. The van der Waals surface area contributed by atoms with Crippen LogP contribution in [0.5, 0.6) is 0 Å². The molecule has 0 aliphatic carbocycles. The highest BCUT2D eigenvalue weighted by Gasteiger charge is 2.30. The standard InChI is InChI=1S/C24H31N5O4S/c1-17-16-33-11-10-28(17)22-13-21(20-5-3-4-18(12-20)15-30)26-29-23(14-25-24(22)29)19-6-8-27(9-7-19)34(2,31)32/h3-5,12-14,17,19,30H,6-11,15-16H2,1-2H3/t17-/m0/s1. The van der Waals surface area contributed by atoms with Crippen LogP contribution in [0.4, 0.5) is 5.69 Å². The number of hydrogen-bond donors (Lipinski definition) is 1. The number of sulfonamides is 1. The van der Waals surface area contributed by atoms with Gasteiger partial charge in [0.25, 0.3) is 0 Å². The lowest BCUT2D eigenvalue weighted by atomic mass is 9.95. The van der Waals surface area contributed by atoms with Crippen LogP contribution in [0.1, 0.15) is 36.9 Å². The molecular weight excluding hydrogens is 454 g/mol. The summed E-state index contributed by atoms with van der Waals surface area (Å²) >= 11 is 0. The highest BCUT2D eigenvalue weighted by Crippen LogP contribution is 2.34. The first-order valence-electron chi connectivity index (χ1n) is 11.7. The van der Waals surface area contributed by atoms with Crippen molar-refractivity contribution in [1.82, 2.24) is 18.9 Å². The number of anilines is 1. The fourth-order valence-electron chi connectivity index (χ4n) is 5.00. The Morgan fingerprint density at radius 1 is 1.18 bits per heavy atom. The molecular formula is C24H31N5O4S. The normalized spacial score (nSPS) is 20.8. The van der Waals surface area contributed by atoms with Gasteiger partial charge < -0.3 is 14.7 Å². The van der Waals surface area contributed by atoms with Gasteiger partial charge in [0, 0.05) is 37.2 Å². The van der Waals surface area contributed by atoms with Gasteiger partial charge in [0.1, 0.15) is 0 Å². The van der Waals surface area contributed by atoms with E-state index in [2.05, 4.69) is 17.9 Å². The van der Waals surface area contributed by atoms with E-state index in [1.807, 2.05) is 35.0 Å². The van der Waals surface area contributed by atoms with Crippen molar-refractivity contribution in [3.05, 3.63) is 47.8 Å². The average molecular weight is 486 g/mol. The number of piperidine rings is 1. The van der Waals surface area contributed by atoms with E-state index in [4.69, 9.17) is 14.8 Å². The number of aliphatic hydroxyl groups is 1. The second kappa shape index (κ2) is 9.26. The summed E-state index contributed by atoms with van der Waals surface area (Å²) < 4.78 is 33.1. The molecule has 1 N–H and O–H groups in total. The molecule has 5 rings (SSSR count). The van der Waals surface area contributed by atoms with Gasteiger partial charge in [-0.2, -0.15) is 5.10 Å². The largest absolute Gasteiger partial charge is 0.392 e. The Balaban J connectivity index is 1.59. The molecule has 2 saturated heterocycles. The van der Waals surface area contributed by atoms with Gasteiger partial charge in [-0.1, -0.05) is 18.2 Å². The number of aromatic nitrogens is 3. The summed E-state index contributed by atoms with van der Waals surface area (Å²) in [5, 5.41) is 14.6. The summed E-state index contributed by atoms with van der Waals surface area (Å²) in [5.41, 5.74) is 5.39. The minimum Gasteiger partial charge on any atom is -0.392 e. The second-order valence-electron chi connectivity index (χ2n) is 9.25. The number of rotatable bonds is 5. The van der Waals surface area contributed by atoms with E-state index >= 15 is 0 Å². The van der Waals surface area contributed by atoms with E-state index in [-0.39, 0.29) is 18.6 Å². The number of ether oxygens (including phenoxy) is 1. The molecule has 0 bridgehead atoms. The fourth-order valence-corrected chi connectivity index (χ4v) is 5.87. The molecule has 2 aliphatic heterocycles. The highest BCUT2D eigenvalue weighted by atomic mass is 32.2. The maximum atomic E-state index is 12.0. The van der Waals surface area contributed by atoms with Crippen molar-refractivity contribution in [1.29, 1.82) is 0 Å². The predicted octanol–water partition coefficient (Wildman–Crippen LogP) is 2.25. The number of nitrogens with zero attached hydrogens (tertiary/aromatic N) is 5. The molecule has 1 aromatic carbocycles. The van der Waals surface area contributed by atoms with Crippen LogP contribution in [0.3, 0.4) is 0 Å². The zero-order chi connectivity index (χ0) is 23.9. The quantitative estimate of drug-likeness (QED) is 0.592. The summed E-state index contributed by atoms with van der Waals surface area (Å²) in [6, 6.07) is 10.1. The van der Waals surface area contributed by atoms with Gasteiger partial charge in [0.2, 0.25) is 10.0 Å². The Morgan fingerprint density at radius 3 is 2.68 bits per heavy atom.